The van der Waals surface area contributed by atoms with Gasteiger partial charge in [-0.1, -0.05) is 20.8 Å². The second-order valence-corrected chi connectivity index (χ2v) is 8.69. The summed E-state index contributed by atoms with van der Waals surface area (Å²) in [6.07, 6.45) is 1.93. The van der Waals surface area contributed by atoms with Crippen LogP contribution in [0.5, 0.6) is 0 Å². The molecule has 1 unspecified atom stereocenters. The summed E-state index contributed by atoms with van der Waals surface area (Å²) in [6.45, 7) is 7.81. The van der Waals surface area contributed by atoms with Gasteiger partial charge < -0.3 is 0 Å². The van der Waals surface area contributed by atoms with Crippen molar-refractivity contribution in [2.45, 2.75) is 33.6 Å². The molecule has 1 rings (SSSR count). The first-order valence-corrected chi connectivity index (χ1v) is 8.37. The Labute approximate surface area is 116 Å². The first-order chi connectivity index (χ1) is 8.16. The van der Waals surface area contributed by atoms with Gasteiger partial charge in [0.15, 0.2) is 0 Å². The number of piperidine rings is 1. The van der Waals surface area contributed by atoms with Crippen LogP contribution in [-0.2, 0) is 10.2 Å². The average molecular weight is 297 g/mol. The Bertz CT molecular complexity index is 365. The molecule has 0 aliphatic carbocycles. The number of rotatable bonds is 4. The fourth-order valence-electron chi connectivity index (χ4n) is 2.31. The van der Waals surface area contributed by atoms with Gasteiger partial charge in [0.2, 0.25) is 0 Å². The van der Waals surface area contributed by atoms with E-state index < -0.39 is 10.2 Å². The third-order valence-electron chi connectivity index (χ3n) is 3.12. The second kappa shape index (κ2) is 6.07. The van der Waals surface area contributed by atoms with Crippen LogP contribution in [0.4, 0.5) is 0 Å². The maximum absolute atomic E-state index is 12.4. The Kier molecular flexibility index (Phi) is 5.47. The standard InChI is InChI=1S/C12H25ClN2O2S/c1-12(2,3)10-14(4)18(16,17)15-7-5-6-11(8-13)9-15/h11H,5-10H2,1-4H3. The van der Waals surface area contributed by atoms with E-state index in [0.29, 0.717) is 31.4 Å². The largest absolute Gasteiger partial charge is 0.281 e. The van der Waals surface area contributed by atoms with Gasteiger partial charge in [-0.25, -0.2) is 0 Å². The van der Waals surface area contributed by atoms with Crippen molar-refractivity contribution in [2.75, 3.05) is 32.6 Å². The maximum Gasteiger partial charge on any atom is 0.281 e. The van der Waals surface area contributed by atoms with Gasteiger partial charge in [-0.05, 0) is 24.2 Å². The molecule has 0 amide bonds. The van der Waals surface area contributed by atoms with Crippen LogP contribution in [0.2, 0.25) is 0 Å². The zero-order chi connectivity index (χ0) is 14.0. The Morgan fingerprint density at radius 3 is 2.50 bits per heavy atom. The van der Waals surface area contributed by atoms with Gasteiger partial charge in [0.25, 0.3) is 10.2 Å². The van der Waals surface area contributed by atoms with E-state index in [9.17, 15) is 8.42 Å². The van der Waals surface area contributed by atoms with E-state index in [1.54, 1.807) is 11.4 Å². The molecular formula is C12H25ClN2O2S. The van der Waals surface area contributed by atoms with Crippen molar-refractivity contribution in [3.05, 3.63) is 0 Å². The van der Waals surface area contributed by atoms with Crippen molar-refractivity contribution in [3.63, 3.8) is 0 Å². The van der Waals surface area contributed by atoms with E-state index in [4.69, 9.17) is 11.6 Å². The highest BCUT2D eigenvalue weighted by Gasteiger charge is 2.33. The molecule has 108 valence electrons. The first-order valence-electron chi connectivity index (χ1n) is 6.44. The molecule has 4 nitrogen and oxygen atoms in total. The van der Waals surface area contributed by atoms with E-state index in [1.165, 1.54) is 4.31 Å². The fourth-order valence-corrected chi connectivity index (χ4v) is 4.26. The molecule has 1 fully saturated rings. The highest BCUT2D eigenvalue weighted by atomic mass is 35.5. The Balaban J connectivity index is 2.73. The molecule has 0 N–H and O–H groups in total. The normalized spacial score (nSPS) is 23.6. The molecule has 1 atom stereocenters. The van der Waals surface area contributed by atoms with E-state index >= 15 is 0 Å². The molecule has 18 heavy (non-hydrogen) atoms. The summed E-state index contributed by atoms with van der Waals surface area (Å²) in [7, 11) is -1.67. The maximum atomic E-state index is 12.4. The van der Waals surface area contributed by atoms with E-state index in [-0.39, 0.29) is 5.41 Å². The quantitative estimate of drug-likeness (QED) is 0.746. The number of hydrogen-bond donors (Lipinski definition) is 0. The summed E-state index contributed by atoms with van der Waals surface area (Å²) in [5, 5.41) is 0. The van der Waals surface area contributed by atoms with E-state index in [1.807, 2.05) is 20.8 Å². The molecule has 0 aromatic carbocycles. The molecule has 1 aliphatic rings. The molecule has 0 radical (unpaired) electrons. The summed E-state index contributed by atoms with van der Waals surface area (Å²) in [4.78, 5) is 0. The Morgan fingerprint density at radius 1 is 1.39 bits per heavy atom. The second-order valence-electron chi connectivity index (χ2n) is 6.35. The van der Waals surface area contributed by atoms with Crippen LogP contribution in [0.25, 0.3) is 0 Å². The summed E-state index contributed by atoms with van der Waals surface area (Å²) in [6, 6.07) is 0. The van der Waals surface area contributed by atoms with Gasteiger partial charge in [0.05, 0.1) is 0 Å². The number of alkyl halides is 1. The minimum Gasteiger partial charge on any atom is -0.195 e. The van der Waals surface area contributed by atoms with Crippen molar-refractivity contribution >= 4 is 21.8 Å². The molecule has 0 aromatic rings. The minimum absolute atomic E-state index is 0.0382. The van der Waals surface area contributed by atoms with Gasteiger partial charge in [0, 0.05) is 32.6 Å². The molecule has 0 spiro atoms. The number of nitrogens with zero attached hydrogens (tertiary/aromatic N) is 2. The summed E-state index contributed by atoms with van der Waals surface area (Å²) in [5.74, 6) is 0.827. The number of halogens is 1. The summed E-state index contributed by atoms with van der Waals surface area (Å²) in [5.41, 5.74) is -0.0382. The van der Waals surface area contributed by atoms with Gasteiger partial charge in [-0.15, -0.1) is 11.6 Å². The predicted molar refractivity (Wildman–Crippen MR) is 76.0 cm³/mol. The van der Waals surface area contributed by atoms with Crippen LogP contribution >= 0.6 is 11.6 Å². The third kappa shape index (κ3) is 4.37. The monoisotopic (exact) mass is 296 g/mol. The molecule has 6 heteroatoms. The third-order valence-corrected chi connectivity index (χ3v) is 5.45. The van der Waals surface area contributed by atoms with Gasteiger partial charge in [-0.2, -0.15) is 17.0 Å². The smallest absolute Gasteiger partial charge is 0.195 e. The van der Waals surface area contributed by atoms with Gasteiger partial charge in [0.1, 0.15) is 0 Å². The van der Waals surface area contributed by atoms with Crippen molar-refractivity contribution in [1.82, 2.24) is 8.61 Å². The summed E-state index contributed by atoms with van der Waals surface area (Å²) < 4.78 is 27.9. The van der Waals surface area contributed by atoms with Crippen LogP contribution in [-0.4, -0.2) is 49.6 Å². The lowest BCUT2D eigenvalue weighted by Gasteiger charge is -2.35. The predicted octanol–water partition coefficient (Wildman–Crippen LogP) is 2.16. The highest BCUT2D eigenvalue weighted by Crippen LogP contribution is 2.23. The Hall–Kier alpha value is 0.160. The van der Waals surface area contributed by atoms with Crippen LogP contribution in [0.1, 0.15) is 33.6 Å². The van der Waals surface area contributed by atoms with Crippen molar-refractivity contribution in [2.24, 2.45) is 11.3 Å². The lowest BCUT2D eigenvalue weighted by molar-refractivity contribution is 0.247. The topological polar surface area (TPSA) is 40.6 Å². The summed E-state index contributed by atoms with van der Waals surface area (Å²) >= 11 is 5.85. The fraction of sp³-hybridized carbons (Fsp3) is 1.00. The Morgan fingerprint density at radius 2 is 2.00 bits per heavy atom. The van der Waals surface area contributed by atoms with Crippen LogP contribution in [0.15, 0.2) is 0 Å². The van der Waals surface area contributed by atoms with Crippen LogP contribution in [0, 0.1) is 11.3 Å². The average Bonchev–Trinajstić information content (AvgIpc) is 2.27. The zero-order valence-electron chi connectivity index (χ0n) is 11.8. The molecule has 0 saturated carbocycles. The number of hydrogen-bond acceptors (Lipinski definition) is 2. The lowest BCUT2D eigenvalue weighted by atomic mass is 9.97. The highest BCUT2D eigenvalue weighted by molar-refractivity contribution is 7.86. The van der Waals surface area contributed by atoms with Crippen molar-refractivity contribution in [1.29, 1.82) is 0 Å². The van der Waals surface area contributed by atoms with Crippen LogP contribution < -0.4 is 0 Å². The lowest BCUT2D eigenvalue weighted by Crippen LogP contribution is -2.48. The van der Waals surface area contributed by atoms with Gasteiger partial charge in [-0.3, -0.25) is 0 Å². The molecule has 0 aromatic heterocycles. The van der Waals surface area contributed by atoms with E-state index in [2.05, 4.69) is 0 Å². The molecular weight excluding hydrogens is 272 g/mol. The molecule has 1 saturated heterocycles. The SMILES string of the molecule is CN(CC(C)(C)C)S(=O)(=O)N1CCCC(CCl)C1. The van der Waals surface area contributed by atoms with Crippen molar-refractivity contribution < 1.29 is 8.42 Å². The first kappa shape index (κ1) is 16.2. The zero-order valence-corrected chi connectivity index (χ0v) is 13.4. The molecule has 1 heterocycles. The van der Waals surface area contributed by atoms with Crippen molar-refractivity contribution in [3.8, 4) is 0 Å². The van der Waals surface area contributed by atoms with Gasteiger partial charge >= 0.3 is 0 Å². The molecule has 0 bridgehead atoms. The van der Waals surface area contributed by atoms with Crippen LogP contribution in [0.3, 0.4) is 0 Å². The molecule has 1 aliphatic heterocycles. The van der Waals surface area contributed by atoms with E-state index in [0.717, 1.165) is 12.8 Å². The minimum atomic E-state index is -3.33.